The fourth-order valence-corrected chi connectivity index (χ4v) is 3.74. The summed E-state index contributed by atoms with van der Waals surface area (Å²) in [4.78, 5) is 0.299. The van der Waals surface area contributed by atoms with E-state index in [4.69, 9.17) is 0 Å². The van der Waals surface area contributed by atoms with Gasteiger partial charge < -0.3 is 0 Å². The summed E-state index contributed by atoms with van der Waals surface area (Å²) in [5, 5.41) is 0. The van der Waals surface area contributed by atoms with E-state index in [1.165, 1.54) is 4.31 Å². The summed E-state index contributed by atoms with van der Waals surface area (Å²) in [6, 6.07) is 16.9. The Kier molecular flexibility index (Phi) is 7.99. The van der Waals surface area contributed by atoms with Crippen LogP contribution >= 0.6 is 0 Å². The van der Waals surface area contributed by atoms with E-state index in [1.807, 2.05) is 73.7 Å². The van der Waals surface area contributed by atoms with Crippen LogP contribution in [-0.4, -0.2) is 25.8 Å². The molecule has 0 amide bonds. The van der Waals surface area contributed by atoms with Crippen molar-refractivity contribution in [2.45, 2.75) is 11.8 Å². The van der Waals surface area contributed by atoms with Gasteiger partial charge in [0.25, 0.3) is 0 Å². The Morgan fingerprint density at radius 1 is 0.889 bits per heavy atom. The third-order valence-corrected chi connectivity index (χ3v) is 5.73. The van der Waals surface area contributed by atoms with Gasteiger partial charge in [0.15, 0.2) is 0 Å². The van der Waals surface area contributed by atoms with E-state index < -0.39 is 10.0 Å². The zero-order valence-electron chi connectivity index (χ0n) is 15.5. The van der Waals surface area contributed by atoms with Gasteiger partial charge in [0.2, 0.25) is 10.0 Å². The Labute approximate surface area is 162 Å². The van der Waals surface area contributed by atoms with Gasteiger partial charge in [0, 0.05) is 13.1 Å². The number of benzene rings is 2. The summed E-state index contributed by atoms with van der Waals surface area (Å²) >= 11 is 0. The second-order valence-electron chi connectivity index (χ2n) is 6.00. The Bertz CT molecular complexity index is 909. The van der Waals surface area contributed by atoms with Crippen LogP contribution in [0.2, 0.25) is 0 Å². The zero-order chi connectivity index (χ0) is 19.5. The third-order valence-electron chi connectivity index (χ3n) is 3.88. The van der Waals surface area contributed by atoms with Crippen LogP contribution in [-0.2, 0) is 10.0 Å². The molecule has 0 saturated heterocycles. The molecule has 0 saturated carbocycles. The molecular formula is C23H25NO2S. The van der Waals surface area contributed by atoms with Gasteiger partial charge in [-0.25, -0.2) is 8.42 Å². The molecule has 0 aliphatic carbocycles. The highest BCUT2D eigenvalue weighted by Gasteiger charge is 2.22. The van der Waals surface area contributed by atoms with Gasteiger partial charge in [-0.2, -0.15) is 4.31 Å². The lowest BCUT2D eigenvalue weighted by atomic mass is 10.2. The molecule has 0 heterocycles. The Morgan fingerprint density at radius 2 is 1.52 bits per heavy atom. The van der Waals surface area contributed by atoms with Crippen molar-refractivity contribution in [3.05, 3.63) is 109 Å². The largest absolute Gasteiger partial charge is 0.243 e. The normalized spacial score (nSPS) is 12.5. The fourth-order valence-electron chi connectivity index (χ4n) is 2.39. The molecule has 0 aliphatic rings. The van der Waals surface area contributed by atoms with Gasteiger partial charge in [0.1, 0.15) is 0 Å². The van der Waals surface area contributed by atoms with Crippen LogP contribution in [0.15, 0.2) is 103 Å². The zero-order valence-corrected chi connectivity index (χ0v) is 16.3. The second kappa shape index (κ2) is 10.5. The monoisotopic (exact) mass is 379 g/mol. The van der Waals surface area contributed by atoms with E-state index in [1.54, 1.807) is 30.4 Å². The Balaban J connectivity index is 2.12. The SMILES string of the molecule is C=C/C=C/CN(C/C=C/C=C/c1ccccc1)S(=O)(=O)c1ccc(C)cc1. The third kappa shape index (κ3) is 6.51. The summed E-state index contributed by atoms with van der Waals surface area (Å²) < 4.78 is 27.3. The molecule has 0 aliphatic heterocycles. The molecule has 4 heteroatoms. The maximum Gasteiger partial charge on any atom is 0.243 e. The van der Waals surface area contributed by atoms with E-state index in [-0.39, 0.29) is 13.1 Å². The average Bonchev–Trinajstić information content (AvgIpc) is 2.67. The lowest BCUT2D eigenvalue weighted by Crippen LogP contribution is -2.31. The maximum absolute atomic E-state index is 12.9. The van der Waals surface area contributed by atoms with E-state index in [0.29, 0.717) is 4.90 Å². The van der Waals surface area contributed by atoms with Gasteiger partial charge in [-0.1, -0.05) is 97.1 Å². The first-order valence-corrected chi connectivity index (χ1v) is 10.2. The highest BCUT2D eigenvalue weighted by Crippen LogP contribution is 2.16. The quantitative estimate of drug-likeness (QED) is 0.575. The molecule has 0 N–H and O–H groups in total. The lowest BCUT2D eigenvalue weighted by Gasteiger charge is -2.19. The molecule has 0 radical (unpaired) electrons. The van der Waals surface area contributed by atoms with Crippen molar-refractivity contribution in [2.24, 2.45) is 0 Å². The predicted octanol–water partition coefficient (Wildman–Crippen LogP) is 5.00. The molecule has 2 rings (SSSR count). The Hall–Kier alpha value is -2.69. The number of allylic oxidation sites excluding steroid dienone is 4. The molecule has 0 aromatic heterocycles. The van der Waals surface area contributed by atoms with Gasteiger partial charge in [-0.15, -0.1) is 0 Å². The summed E-state index contributed by atoms with van der Waals surface area (Å²) in [6.07, 6.45) is 12.8. The molecular weight excluding hydrogens is 354 g/mol. The molecule has 27 heavy (non-hydrogen) atoms. The van der Waals surface area contributed by atoms with Gasteiger partial charge in [-0.05, 0) is 24.6 Å². The van der Waals surface area contributed by atoms with Crippen molar-refractivity contribution in [1.82, 2.24) is 4.31 Å². The highest BCUT2D eigenvalue weighted by atomic mass is 32.2. The van der Waals surface area contributed by atoms with E-state index in [9.17, 15) is 8.42 Å². The molecule has 0 unspecified atom stereocenters. The minimum Gasteiger partial charge on any atom is -0.207 e. The predicted molar refractivity (Wildman–Crippen MR) is 114 cm³/mol. The summed E-state index contributed by atoms with van der Waals surface area (Å²) in [5.74, 6) is 0. The molecule has 140 valence electrons. The fraction of sp³-hybridized carbons (Fsp3) is 0.130. The van der Waals surface area contributed by atoms with Crippen LogP contribution in [0.4, 0.5) is 0 Å². The standard InChI is InChI=1S/C23H25NO2S/c1-3-4-10-19-24(27(25,26)23-17-15-21(2)16-18-23)20-11-6-9-14-22-12-7-5-8-13-22/h3-18H,1,19-20H2,2H3/b10-4+,11-6+,14-9+. The van der Waals surface area contributed by atoms with Crippen molar-refractivity contribution in [1.29, 1.82) is 0 Å². The number of hydrogen-bond donors (Lipinski definition) is 0. The summed E-state index contributed by atoms with van der Waals surface area (Å²) in [5.41, 5.74) is 2.12. The van der Waals surface area contributed by atoms with Crippen molar-refractivity contribution in [3.8, 4) is 0 Å². The smallest absolute Gasteiger partial charge is 0.207 e. The van der Waals surface area contributed by atoms with Crippen LogP contribution in [0.3, 0.4) is 0 Å². The molecule has 0 spiro atoms. The van der Waals surface area contributed by atoms with Crippen LogP contribution in [0.5, 0.6) is 0 Å². The number of rotatable bonds is 9. The number of nitrogens with zero attached hydrogens (tertiary/aromatic N) is 1. The number of hydrogen-bond acceptors (Lipinski definition) is 2. The highest BCUT2D eigenvalue weighted by molar-refractivity contribution is 7.89. The van der Waals surface area contributed by atoms with Crippen LogP contribution < -0.4 is 0 Å². The molecule has 0 fully saturated rings. The van der Waals surface area contributed by atoms with Gasteiger partial charge in [0.05, 0.1) is 4.90 Å². The topological polar surface area (TPSA) is 37.4 Å². The molecule has 0 atom stereocenters. The van der Waals surface area contributed by atoms with Gasteiger partial charge in [-0.3, -0.25) is 0 Å². The van der Waals surface area contributed by atoms with Crippen molar-refractivity contribution in [2.75, 3.05) is 13.1 Å². The van der Waals surface area contributed by atoms with Crippen LogP contribution in [0.25, 0.3) is 6.08 Å². The minimum absolute atomic E-state index is 0.287. The van der Waals surface area contributed by atoms with Gasteiger partial charge >= 0.3 is 0 Å². The van der Waals surface area contributed by atoms with E-state index >= 15 is 0 Å². The first-order chi connectivity index (χ1) is 13.0. The maximum atomic E-state index is 12.9. The van der Waals surface area contributed by atoms with E-state index in [0.717, 1.165) is 11.1 Å². The molecule has 3 nitrogen and oxygen atoms in total. The molecule has 2 aromatic rings. The minimum atomic E-state index is -3.57. The molecule has 2 aromatic carbocycles. The second-order valence-corrected chi connectivity index (χ2v) is 7.93. The summed E-state index contributed by atoms with van der Waals surface area (Å²) in [6.45, 7) is 6.13. The first kappa shape index (κ1) is 20.6. The average molecular weight is 380 g/mol. The van der Waals surface area contributed by atoms with E-state index in [2.05, 4.69) is 6.58 Å². The van der Waals surface area contributed by atoms with Crippen molar-refractivity contribution in [3.63, 3.8) is 0 Å². The first-order valence-electron chi connectivity index (χ1n) is 8.76. The number of aryl methyl sites for hydroxylation is 1. The number of sulfonamides is 1. The lowest BCUT2D eigenvalue weighted by molar-refractivity contribution is 0.474. The Morgan fingerprint density at radius 3 is 2.15 bits per heavy atom. The van der Waals surface area contributed by atoms with Crippen LogP contribution in [0.1, 0.15) is 11.1 Å². The summed E-state index contributed by atoms with van der Waals surface area (Å²) in [7, 11) is -3.57. The van der Waals surface area contributed by atoms with Crippen LogP contribution in [0, 0.1) is 6.92 Å². The van der Waals surface area contributed by atoms with Crippen molar-refractivity contribution < 1.29 is 8.42 Å². The molecule has 0 bridgehead atoms. The van der Waals surface area contributed by atoms with Crippen molar-refractivity contribution >= 4 is 16.1 Å².